The van der Waals surface area contributed by atoms with Crippen LogP contribution < -0.4 is 14.8 Å². The molecule has 2 rings (SSSR count). The van der Waals surface area contributed by atoms with Crippen LogP contribution in [0.2, 0.25) is 0 Å². The highest BCUT2D eigenvalue weighted by atomic mass is 16.7. The van der Waals surface area contributed by atoms with Gasteiger partial charge in [-0.2, -0.15) is 0 Å². The molecule has 11 heteroatoms. The minimum absolute atomic E-state index is 0.00693. The second kappa shape index (κ2) is 16.7. The summed E-state index contributed by atoms with van der Waals surface area (Å²) in [6.45, 7) is 8.96. The average Bonchev–Trinajstić information content (AvgIpc) is 2.92. The number of ether oxygens (including phenoxy) is 5. The number of carbonyl (C=O) groups is 4. The van der Waals surface area contributed by atoms with E-state index in [-0.39, 0.29) is 42.5 Å². The lowest BCUT2D eigenvalue weighted by Crippen LogP contribution is -2.43. The fraction of sp³-hybridized carbons (Fsp3) is 0.655. The van der Waals surface area contributed by atoms with E-state index in [1.807, 2.05) is 13.8 Å². The van der Waals surface area contributed by atoms with Gasteiger partial charge in [-0.05, 0) is 70.6 Å². The van der Waals surface area contributed by atoms with Crippen molar-refractivity contribution in [2.24, 2.45) is 5.92 Å². The highest BCUT2D eigenvalue weighted by Crippen LogP contribution is 2.30. The standard InChI is InChI=1S/C29H43NO10/c1-6-18(3)37-28(34)39-24-14-13-21(16-25(24)40-29(35)38-19(4)7-2)15-23(26(31)32)30-17-20(5)36-27(33)22-11-9-8-10-12-22/h13-14,16,18-20,22-23,30H,6-12,15,17H2,1-5H3,(H,31,32)/t18?,19?,20?,23-/m0/s1. The summed E-state index contributed by atoms with van der Waals surface area (Å²) in [4.78, 5) is 48.9. The zero-order valence-electron chi connectivity index (χ0n) is 24.1. The summed E-state index contributed by atoms with van der Waals surface area (Å²) in [7, 11) is 0. The predicted octanol–water partition coefficient (Wildman–Crippen LogP) is 5.41. The highest BCUT2D eigenvalue weighted by Gasteiger charge is 2.26. The molecule has 1 aromatic rings. The number of hydrogen-bond donors (Lipinski definition) is 2. The molecule has 0 heterocycles. The van der Waals surface area contributed by atoms with E-state index in [4.69, 9.17) is 23.7 Å². The van der Waals surface area contributed by atoms with Gasteiger partial charge in [-0.25, -0.2) is 9.59 Å². The van der Waals surface area contributed by atoms with E-state index in [2.05, 4.69) is 5.32 Å². The monoisotopic (exact) mass is 565 g/mol. The van der Waals surface area contributed by atoms with Crippen molar-refractivity contribution in [1.82, 2.24) is 5.32 Å². The molecule has 11 nitrogen and oxygen atoms in total. The van der Waals surface area contributed by atoms with E-state index in [9.17, 15) is 24.3 Å². The first-order chi connectivity index (χ1) is 19.0. The van der Waals surface area contributed by atoms with E-state index in [0.717, 1.165) is 32.1 Å². The Hall–Kier alpha value is -3.34. The largest absolute Gasteiger partial charge is 0.514 e. The molecule has 0 radical (unpaired) electrons. The minimum atomic E-state index is -1.11. The van der Waals surface area contributed by atoms with E-state index in [1.165, 1.54) is 12.1 Å². The second-order valence-electron chi connectivity index (χ2n) is 10.2. The Labute approximate surface area is 235 Å². The lowest BCUT2D eigenvalue weighted by atomic mass is 9.89. The van der Waals surface area contributed by atoms with Gasteiger partial charge < -0.3 is 34.1 Å². The van der Waals surface area contributed by atoms with E-state index in [0.29, 0.717) is 18.4 Å². The van der Waals surface area contributed by atoms with Crippen LogP contribution in [0, 0.1) is 5.92 Å². The van der Waals surface area contributed by atoms with Gasteiger partial charge in [0, 0.05) is 6.54 Å². The van der Waals surface area contributed by atoms with Gasteiger partial charge in [-0.3, -0.25) is 9.59 Å². The van der Waals surface area contributed by atoms with Gasteiger partial charge in [0.05, 0.1) is 5.92 Å². The smallest absolute Gasteiger partial charge is 0.480 e. The molecular formula is C29H43NO10. The molecule has 0 aliphatic heterocycles. The van der Waals surface area contributed by atoms with Crippen LogP contribution >= 0.6 is 0 Å². The van der Waals surface area contributed by atoms with Gasteiger partial charge in [0.1, 0.15) is 24.4 Å². The van der Waals surface area contributed by atoms with Gasteiger partial charge in [0.2, 0.25) is 0 Å². The molecule has 1 aliphatic carbocycles. The third-order valence-corrected chi connectivity index (χ3v) is 6.78. The number of carboxylic acids is 1. The average molecular weight is 566 g/mol. The van der Waals surface area contributed by atoms with E-state index >= 15 is 0 Å². The summed E-state index contributed by atoms with van der Waals surface area (Å²) in [6.07, 6.45) is 2.70. The summed E-state index contributed by atoms with van der Waals surface area (Å²) in [5, 5.41) is 12.7. The molecule has 1 fully saturated rings. The molecule has 1 aromatic carbocycles. The molecule has 2 N–H and O–H groups in total. The van der Waals surface area contributed by atoms with Crippen molar-refractivity contribution in [3.8, 4) is 11.5 Å². The first-order valence-electron chi connectivity index (χ1n) is 14.1. The van der Waals surface area contributed by atoms with Crippen molar-refractivity contribution in [2.45, 2.75) is 110 Å². The van der Waals surface area contributed by atoms with Crippen LogP contribution in [0.25, 0.3) is 0 Å². The van der Waals surface area contributed by atoms with E-state index < -0.39 is 36.5 Å². The minimum Gasteiger partial charge on any atom is -0.480 e. The fourth-order valence-electron chi connectivity index (χ4n) is 4.03. The first-order valence-corrected chi connectivity index (χ1v) is 14.1. The zero-order valence-corrected chi connectivity index (χ0v) is 24.1. The molecule has 1 saturated carbocycles. The molecule has 224 valence electrons. The van der Waals surface area contributed by atoms with Crippen LogP contribution in [-0.4, -0.2) is 60.3 Å². The second-order valence-corrected chi connectivity index (χ2v) is 10.2. The van der Waals surface area contributed by atoms with Crippen LogP contribution in [0.1, 0.15) is 85.1 Å². The number of hydrogen-bond acceptors (Lipinski definition) is 10. The lowest BCUT2D eigenvalue weighted by molar-refractivity contribution is -0.154. The van der Waals surface area contributed by atoms with E-state index in [1.54, 1.807) is 26.8 Å². The van der Waals surface area contributed by atoms with Gasteiger partial charge in [0.25, 0.3) is 0 Å². The maximum atomic E-state index is 12.4. The topological polar surface area (TPSA) is 147 Å². The molecule has 40 heavy (non-hydrogen) atoms. The maximum Gasteiger partial charge on any atom is 0.514 e. The molecule has 0 aromatic heterocycles. The van der Waals surface area contributed by atoms with Gasteiger partial charge in [-0.1, -0.05) is 39.2 Å². The molecule has 0 saturated heterocycles. The SMILES string of the molecule is CCC(C)OC(=O)Oc1ccc(C[C@H](NCC(C)OC(=O)C2CCCCC2)C(=O)O)cc1OC(=O)OC(C)CC. The molecule has 0 bridgehead atoms. The number of esters is 1. The summed E-state index contributed by atoms with van der Waals surface area (Å²) in [6, 6.07) is 3.33. The third-order valence-electron chi connectivity index (χ3n) is 6.78. The fourth-order valence-corrected chi connectivity index (χ4v) is 4.03. The van der Waals surface area contributed by atoms with Crippen molar-refractivity contribution in [1.29, 1.82) is 0 Å². The predicted molar refractivity (Wildman–Crippen MR) is 145 cm³/mol. The number of benzene rings is 1. The van der Waals surface area contributed by atoms with Crippen LogP contribution in [0.15, 0.2) is 18.2 Å². The third kappa shape index (κ3) is 11.4. The van der Waals surface area contributed by atoms with Crippen molar-refractivity contribution in [2.75, 3.05) is 6.54 Å². The van der Waals surface area contributed by atoms with Crippen LogP contribution in [0.3, 0.4) is 0 Å². The zero-order chi connectivity index (χ0) is 29.7. The van der Waals surface area contributed by atoms with Crippen LogP contribution in [0.5, 0.6) is 11.5 Å². The number of rotatable bonds is 14. The number of aliphatic carboxylic acids is 1. The Morgan fingerprint density at radius 1 is 0.850 bits per heavy atom. The number of nitrogens with one attached hydrogen (secondary N) is 1. The Bertz CT molecular complexity index is 991. The van der Waals surface area contributed by atoms with Gasteiger partial charge >= 0.3 is 24.2 Å². The Morgan fingerprint density at radius 2 is 1.43 bits per heavy atom. The Kier molecular flexibility index (Phi) is 13.7. The summed E-state index contributed by atoms with van der Waals surface area (Å²) >= 11 is 0. The summed E-state index contributed by atoms with van der Waals surface area (Å²) < 4.78 is 26.4. The molecule has 0 spiro atoms. The van der Waals surface area contributed by atoms with Crippen molar-refractivity contribution >= 4 is 24.2 Å². The summed E-state index contributed by atoms with van der Waals surface area (Å²) in [5.41, 5.74) is 0.487. The lowest BCUT2D eigenvalue weighted by Gasteiger charge is -2.23. The molecule has 1 aliphatic rings. The molecular weight excluding hydrogens is 522 g/mol. The first kappa shape index (κ1) is 32.9. The van der Waals surface area contributed by atoms with Crippen molar-refractivity contribution in [3.05, 3.63) is 23.8 Å². The molecule has 4 atom stereocenters. The number of carboxylic acid groups (broad SMARTS) is 1. The van der Waals surface area contributed by atoms with Crippen LogP contribution in [0.4, 0.5) is 9.59 Å². The van der Waals surface area contributed by atoms with Crippen molar-refractivity contribution < 1.29 is 48.0 Å². The maximum absolute atomic E-state index is 12.4. The van der Waals surface area contributed by atoms with Crippen molar-refractivity contribution in [3.63, 3.8) is 0 Å². The molecule has 0 amide bonds. The van der Waals surface area contributed by atoms with Crippen LogP contribution in [-0.2, 0) is 30.2 Å². The number of carbonyl (C=O) groups excluding carboxylic acids is 3. The Balaban J connectivity index is 2.09. The molecule has 3 unspecified atom stereocenters. The Morgan fingerprint density at radius 3 is 1.98 bits per heavy atom. The normalized spacial score (nSPS) is 16.6. The van der Waals surface area contributed by atoms with Gasteiger partial charge in [-0.15, -0.1) is 0 Å². The highest BCUT2D eigenvalue weighted by molar-refractivity contribution is 5.74. The quantitative estimate of drug-likeness (QED) is 0.169. The van der Waals surface area contributed by atoms with Gasteiger partial charge in [0.15, 0.2) is 11.5 Å². The summed E-state index contributed by atoms with van der Waals surface area (Å²) in [5.74, 6) is -1.65.